The third kappa shape index (κ3) is 5.02. The molecule has 2 rings (SSSR count). The van der Waals surface area contributed by atoms with E-state index in [1.54, 1.807) is 29.7 Å². The van der Waals surface area contributed by atoms with Gasteiger partial charge in [0.15, 0.2) is 0 Å². The molecule has 0 atom stereocenters. The van der Waals surface area contributed by atoms with Gasteiger partial charge in [-0.15, -0.1) is 11.3 Å². The molecule has 2 heterocycles. The number of hydrogen-bond donors (Lipinski definition) is 3. The number of nitrogens with one attached hydrogen (secondary N) is 3. The van der Waals surface area contributed by atoms with Crippen LogP contribution in [0, 0.1) is 11.3 Å². The van der Waals surface area contributed by atoms with E-state index in [1.165, 1.54) is 0 Å². The van der Waals surface area contributed by atoms with Crippen LogP contribution in [0.3, 0.4) is 0 Å². The topological polar surface area (TPSA) is 89.8 Å². The molecule has 3 N–H and O–H groups in total. The van der Waals surface area contributed by atoms with Gasteiger partial charge in [0, 0.05) is 34.0 Å². The SMILES string of the molecule is N#Cc1cccnc1NCCNC(=O)NCc1cc(Br)cs1. The minimum atomic E-state index is -0.229. The molecule has 0 saturated heterocycles. The van der Waals surface area contributed by atoms with Crippen molar-refractivity contribution >= 4 is 39.1 Å². The lowest BCUT2D eigenvalue weighted by Gasteiger charge is -2.09. The maximum Gasteiger partial charge on any atom is 0.315 e. The van der Waals surface area contributed by atoms with Crippen LogP contribution >= 0.6 is 27.3 Å². The predicted octanol–water partition coefficient (Wildman–Crippen LogP) is 2.69. The second-order valence-electron chi connectivity index (χ2n) is 4.28. The number of carbonyl (C=O) groups is 1. The normalized spacial score (nSPS) is 9.82. The summed E-state index contributed by atoms with van der Waals surface area (Å²) in [6.45, 7) is 1.42. The molecule has 0 fully saturated rings. The Morgan fingerprint density at radius 2 is 2.27 bits per heavy atom. The molecule has 22 heavy (non-hydrogen) atoms. The van der Waals surface area contributed by atoms with Crippen molar-refractivity contribution in [3.8, 4) is 6.07 Å². The van der Waals surface area contributed by atoms with Gasteiger partial charge in [-0.3, -0.25) is 0 Å². The summed E-state index contributed by atoms with van der Waals surface area (Å²) in [6.07, 6.45) is 1.61. The first-order valence-corrected chi connectivity index (χ1v) is 8.20. The van der Waals surface area contributed by atoms with Crippen LogP contribution in [0.15, 0.2) is 34.2 Å². The summed E-state index contributed by atoms with van der Waals surface area (Å²) in [4.78, 5) is 16.8. The largest absolute Gasteiger partial charge is 0.367 e. The quantitative estimate of drug-likeness (QED) is 0.673. The average Bonchev–Trinajstić information content (AvgIpc) is 2.95. The summed E-state index contributed by atoms with van der Waals surface area (Å²) in [6, 6.07) is 7.19. The van der Waals surface area contributed by atoms with Crippen LogP contribution in [-0.4, -0.2) is 24.1 Å². The lowest BCUT2D eigenvalue weighted by Crippen LogP contribution is -2.37. The highest BCUT2D eigenvalue weighted by molar-refractivity contribution is 9.10. The molecule has 2 amide bonds. The lowest BCUT2D eigenvalue weighted by atomic mass is 10.3. The molecule has 0 radical (unpaired) electrons. The summed E-state index contributed by atoms with van der Waals surface area (Å²) in [5, 5.41) is 19.4. The molecule has 2 aromatic heterocycles. The number of thiophene rings is 1. The van der Waals surface area contributed by atoms with Gasteiger partial charge < -0.3 is 16.0 Å². The number of amides is 2. The third-order valence-corrected chi connectivity index (χ3v) is 4.37. The maximum atomic E-state index is 11.6. The average molecular weight is 380 g/mol. The number of nitriles is 1. The Labute approximate surface area is 140 Å². The van der Waals surface area contributed by atoms with Crippen molar-refractivity contribution in [1.29, 1.82) is 5.26 Å². The van der Waals surface area contributed by atoms with Crippen LogP contribution in [0.2, 0.25) is 0 Å². The van der Waals surface area contributed by atoms with Gasteiger partial charge in [-0.2, -0.15) is 5.26 Å². The Hall–Kier alpha value is -2.11. The minimum Gasteiger partial charge on any atom is -0.367 e. The number of hydrogen-bond acceptors (Lipinski definition) is 5. The summed E-state index contributed by atoms with van der Waals surface area (Å²) < 4.78 is 1.02. The van der Waals surface area contributed by atoms with Crippen LogP contribution in [0.1, 0.15) is 10.4 Å². The highest BCUT2D eigenvalue weighted by Crippen LogP contribution is 2.19. The Morgan fingerprint density at radius 3 is 3.00 bits per heavy atom. The first kappa shape index (κ1) is 16.3. The fourth-order valence-corrected chi connectivity index (χ4v) is 3.06. The van der Waals surface area contributed by atoms with Crippen LogP contribution < -0.4 is 16.0 Å². The molecule has 2 aromatic rings. The molecule has 0 unspecified atom stereocenters. The van der Waals surface area contributed by atoms with Gasteiger partial charge >= 0.3 is 6.03 Å². The van der Waals surface area contributed by atoms with E-state index in [0.29, 0.717) is 31.0 Å². The fraction of sp³-hybridized carbons (Fsp3) is 0.214. The minimum absolute atomic E-state index is 0.229. The van der Waals surface area contributed by atoms with E-state index in [0.717, 1.165) is 9.35 Å². The van der Waals surface area contributed by atoms with Gasteiger partial charge in [-0.1, -0.05) is 0 Å². The summed E-state index contributed by atoms with van der Waals surface area (Å²) in [5.41, 5.74) is 0.482. The van der Waals surface area contributed by atoms with E-state index < -0.39 is 0 Å². The highest BCUT2D eigenvalue weighted by atomic mass is 79.9. The molecule has 0 aromatic carbocycles. The van der Waals surface area contributed by atoms with Crippen molar-refractivity contribution in [3.63, 3.8) is 0 Å². The summed E-state index contributed by atoms with van der Waals surface area (Å²) >= 11 is 4.95. The number of halogens is 1. The number of aromatic nitrogens is 1. The van der Waals surface area contributed by atoms with Gasteiger partial charge in [0.05, 0.1) is 12.1 Å². The fourth-order valence-electron chi connectivity index (χ4n) is 1.67. The molecule has 0 aliphatic heterocycles. The molecular weight excluding hydrogens is 366 g/mol. The van der Waals surface area contributed by atoms with E-state index >= 15 is 0 Å². The van der Waals surface area contributed by atoms with Crippen molar-refractivity contribution in [3.05, 3.63) is 44.7 Å². The Balaban J connectivity index is 1.66. The molecule has 0 aliphatic rings. The monoisotopic (exact) mass is 379 g/mol. The standard InChI is InChI=1S/C14H14BrN5OS/c15-11-6-12(22-9-11)8-20-14(21)19-5-4-18-13-10(7-16)2-1-3-17-13/h1-3,6,9H,4-5,8H2,(H,17,18)(H2,19,20,21). The Kier molecular flexibility index (Phi) is 6.18. The van der Waals surface area contributed by atoms with E-state index in [-0.39, 0.29) is 6.03 Å². The zero-order valence-corrected chi connectivity index (χ0v) is 14.0. The van der Waals surface area contributed by atoms with E-state index in [2.05, 4.69) is 42.9 Å². The predicted molar refractivity (Wildman–Crippen MR) is 89.7 cm³/mol. The molecule has 0 aliphatic carbocycles. The summed E-state index contributed by atoms with van der Waals surface area (Å²) in [7, 11) is 0. The van der Waals surface area contributed by atoms with Crippen LogP contribution in [0.25, 0.3) is 0 Å². The Morgan fingerprint density at radius 1 is 1.41 bits per heavy atom. The second-order valence-corrected chi connectivity index (χ2v) is 6.19. The molecule has 8 heteroatoms. The highest BCUT2D eigenvalue weighted by Gasteiger charge is 2.03. The first-order valence-electron chi connectivity index (χ1n) is 6.52. The number of carbonyl (C=O) groups excluding carboxylic acids is 1. The molecule has 114 valence electrons. The van der Waals surface area contributed by atoms with Crippen LogP contribution in [0.4, 0.5) is 10.6 Å². The van der Waals surface area contributed by atoms with Gasteiger partial charge in [-0.05, 0) is 34.1 Å². The zero-order valence-electron chi connectivity index (χ0n) is 11.6. The van der Waals surface area contributed by atoms with Crippen LogP contribution in [0.5, 0.6) is 0 Å². The van der Waals surface area contributed by atoms with Crippen molar-refractivity contribution in [2.45, 2.75) is 6.54 Å². The van der Waals surface area contributed by atoms with E-state index in [4.69, 9.17) is 5.26 Å². The zero-order chi connectivity index (χ0) is 15.8. The number of urea groups is 1. The van der Waals surface area contributed by atoms with Crippen molar-refractivity contribution in [2.75, 3.05) is 18.4 Å². The van der Waals surface area contributed by atoms with Gasteiger partial charge in [0.1, 0.15) is 11.9 Å². The number of pyridine rings is 1. The number of anilines is 1. The second kappa shape index (κ2) is 8.36. The molecule has 6 nitrogen and oxygen atoms in total. The third-order valence-electron chi connectivity index (χ3n) is 2.68. The lowest BCUT2D eigenvalue weighted by molar-refractivity contribution is 0.241. The Bertz CT molecular complexity index is 682. The van der Waals surface area contributed by atoms with Crippen molar-refractivity contribution in [2.24, 2.45) is 0 Å². The van der Waals surface area contributed by atoms with Gasteiger partial charge in [0.2, 0.25) is 0 Å². The van der Waals surface area contributed by atoms with Crippen LogP contribution in [-0.2, 0) is 6.54 Å². The molecule has 0 bridgehead atoms. The van der Waals surface area contributed by atoms with Gasteiger partial charge in [-0.25, -0.2) is 9.78 Å². The van der Waals surface area contributed by atoms with E-state index in [1.807, 2.05) is 11.4 Å². The summed E-state index contributed by atoms with van der Waals surface area (Å²) in [5.74, 6) is 0.524. The molecule has 0 saturated carbocycles. The number of rotatable bonds is 6. The van der Waals surface area contributed by atoms with Crippen molar-refractivity contribution < 1.29 is 4.79 Å². The van der Waals surface area contributed by atoms with E-state index in [9.17, 15) is 4.79 Å². The number of nitrogens with zero attached hydrogens (tertiary/aromatic N) is 2. The maximum absolute atomic E-state index is 11.6. The van der Waals surface area contributed by atoms with Gasteiger partial charge in [0.25, 0.3) is 0 Å². The molecular formula is C14H14BrN5OS. The first-order chi connectivity index (χ1) is 10.7. The van der Waals surface area contributed by atoms with Crippen molar-refractivity contribution in [1.82, 2.24) is 15.6 Å². The smallest absolute Gasteiger partial charge is 0.315 e. The molecule has 0 spiro atoms.